The summed E-state index contributed by atoms with van der Waals surface area (Å²) in [6.07, 6.45) is 3.13. The Hall–Kier alpha value is -3.30. The molecule has 3 rings (SSSR count). The first-order valence-electron chi connectivity index (χ1n) is 7.82. The second-order valence-corrected chi connectivity index (χ2v) is 6.44. The van der Waals surface area contributed by atoms with Gasteiger partial charge in [-0.05, 0) is 55.1 Å². The Bertz CT molecular complexity index is 970. The summed E-state index contributed by atoms with van der Waals surface area (Å²) < 4.78 is 5.65. The molecule has 0 aliphatic heterocycles. The molecule has 5 nitrogen and oxygen atoms in total. The van der Waals surface area contributed by atoms with Crippen LogP contribution in [0.2, 0.25) is 0 Å². The van der Waals surface area contributed by atoms with Crippen LogP contribution in [-0.2, 0) is 4.79 Å². The zero-order valence-corrected chi connectivity index (χ0v) is 14.8. The van der Waals surface area contributed by atoms with Crippen molar-refractivity contribution in [3.63, 3.8) is 0 Å². The lowest BCUT2D eigenvalue weighted by Gasteiger charge is -2.04. The second-order valence-electron chi connectivity index (χ2n) is 5.42. The number of hydrogen-bond donors (Lipinski definition) is 1. The minimum Gasteiger partial charge on any atom is -0.450 e. The predicted molar refractivity (Wildman–Crippen MR) is 100 cm³/mol. The molecule has 26 heavy (non-hydrogen) atoms. The van der Waals surface area contributed by atoms with Gasteiger partial charge < -0.3 is 9.73 Å². The van der Waals surface area contributed by atoms with Crippen molar-refractivity contribution in [2.75, 3.05) is 5.32 Å². The molecule has 6 heteroatoms. The third-order valence-electron chi connectivity index (χ3n) is 3.41. The summed E-state index contributed by atoms with van der Waals surface area (Å²) in [6, 6.07) is 18.4. The maximum absolute atomic E-state index is 12.3. The minimum atomic E-state index is -0.480. The number of pyridine rings is 1. The van der Waals surface area contributed by atoms with Crippen LogP contribution in [0.15, 0.2) is 80.9 Å². The standard InChI is InChI=1S/C20H15N3O2S/c1-14-5-7-16(8-6-14)23-20(24)15(13-21)12-17-9-10-19(25-17)26-18-4-2-3-11-22-18/h2-12H,1H3,(H,23,24)/b15-12+. The number of rotatable bonds is 5. The van der Waals surface area contributed by atoms with Crippen molar-refractivity contribution in [3.8, 4) is 6.07 Å². The number of aromatic nitrogens is 1. The highest BCUT2D eigenvalue weighted by Gasteiger charge is 2.11. The molecule has 1 aromatic carbocycles. The molecule has 1 N–H and O–H groups in total. The van der Waals surface area contributed by atoms with Crippen molar-refractivity contribution >= 4 is 29.4 Å². The Kier molecular flexibility index (Phi) is 5.52. The van der Waals surface area contributed by atoms with E-state index in [9.17, 15) is 10.1 Å². The van der Waals surface area contributed by atoms with Gasteiger partial charge in [-0.1, -0.05) is 23.8 Å². The molecule has 0 radical (unpaired) electrons. The van der Waals surface area contributed by atoms with Gasteiger partial charge in [0.2, 0.25) is 0 Å². The number of amides is 1. The summed E-state index contributed by atoms with van der Waals surface area (Å²) in [5.41, 5.74) is 1.69. The third-order valence-corrected chi connectivity index (χ3v) is 4.28. The molecule has 0 aliphatic rings. The highest BCUT2D eigenvalue weighted by molar-refractivity contribution is 7.99. The van der Waals surface area contributed by atoms with E-state index < -0.39 is 5.91 Å². The minimum absolute atomic E-state index is 0.0330. The van der Waals surface area contributed by atoms with Crippen molar-refractivity contribution < 1.29 is 9.21 Å². The molecule has 0 fully saturated rings. The van der Waals surface area contributed by atoms with Gasteiger partial charge in [0.1, 0.15) is 22.4 Å². The van der Waals surface area contributed by atoms with Crippen LogP contribution in [0, 0.1) is 18.3 Å². The molecule has 2 aromatic heterocycles. The van der Waals surface area contributed by atoms with Gasteiger partial charge in [0.25, 0.3) is 5.91 Å². The van der Waals surface area contributed by atoms with Gasteiger partial charge in [-0.15, -0.1) is 0 Å². The lowest BCUT2D eigenvalue weighted by molar-refractivity contribution is -0.112. The molecule has 1 amide bonds. The molecule has 3 aromatic rings. The van der Waals surface area contributed by atoms with E-state index in [4.69, 9.17) is 4.42 Å². The summed E-state index contributed by atoms with van der Waals surface area (Å²) >= 11 is 1.36. The monoisotopic (exact) mass is 361 g/mol. The van der Waals surface area contributed by atoms with E-state index in [1.807, 2.05) is 43.3 Å². The summed E-state index contributed by atoms with van der Waals surface area (Å²) in [6.45, 7) is 1.96. The normalized spacial score (nSPS) is 11.0. The van der Waals surface area contributed by atoms with Gasteiger partial charge >= 0.3 is 0 Å². The van der Waals surface area contributed by atoms with E-state index in [1.165, 1.54) is 17.8 Å². The second kappa shape index (κ2) is 8.19. The van der Waals surface area contributed by atoms with Crippen LogP contribution in [-0.4, -0.2) is 10.9 Å². The molecule has 0 unspecified atom stereocenters. The number of furan rings is 1. The SMILES string of the molecule is Cc1ccc(NC(=O)/C(C#N)=C/c2ccc(Sc3ccccn3)o2)cc1. The largest absolute Gasteiger partial charge is 0.450 e. The number of benzene rings is 1. The Balaban J connectivity index is 1.71. The van der Waals surface area contributed by atoms with E-state index in [0.29, 0.717) is 16.5 Å². The fraction of sp³-hybridized carbons (Fsp3) is 0.0500. The number of hydrogen-bond acceptors (Lipinski definition) is 5. The van der Waals surface area contributed by atoms with E-state index >= 15 is 0 Å². The van der Waals surface area contributed by atoms with Crippen LogP contribution < -0.4 is 5.32 Å². The quantitative estimate of drug-likeness (QED) is 0.527. The average molecular weight is 361 g/mol. The van der Waals surface area contributed by atoms with Gasteiger partial charge in [-0.2, -0.15) is 5.26 Å². The Morgan fingerprint density at radius 2 is 2.00 bits per heavy atom. The van der Waals surface area contributed by atoms with Crippen molar-refractivity contribution in [1.82, 2.24) is 4.98 Å². The Morgan fingerprint density at radius 1 is 1.19 bits per heavy atom. The number of anilines is 1. The van der Waals surface area contributed by atoms with E-state index in [2.05, 4.69) is 10.3 Å². The molecule has 0 spiro atoms. The van der Waals surface area contributed by atoms with Crippen molar-refractivity contribution in [2.45, 2.75) is 17.0 Å². The van der Waals surface area contributed by atoms with Crippen LogP contribution in [0.1, 0.15) is 11.3 Å². The summed E-state index contributed by atoms with van der Waals surface area (Å²) in [5, 5.41) is 13.4. The molecule has 2 heterocycles. The summed E-state index contributed by atoms with van der Waals surface area (Å²) in [7, 11) is 0. The first-order valence-corrected chi connectivity index (χ1v) is 8.64. The number of aryl methyl sites for hydroxylation is 1. The van der Waals surface area contributed by atoms with Gasteiger partial charge in [0.15, 0.2) is 5.09 Å². The molecule has 0 aliphatic carbocycles. The van der Waals surface area contributed by atoms with Crippen molar-refractivity contribution in [3.05, 3.63) is 77.7 Å². The first-order chi connectivity index (χ1) is 12.6. The zero-order chi connectivity index (χ0) is 18.4. The number of nitriles is 1. The lowest BCUT2D eigenvalue weighted by atomic mass is 10.2. The maximum atomic E-state index is 12.3. The zero-order valence-electron chi connectivity index (χ0n) is 14.0. The molecule has 128 valence electrons. The Labute approximate surface area is 155 Å². The average Bonchev–Trinajstić information content (AvgIpc) is 3.09. The summed E-state index contributed by atoms with van der Waals surface area (Å²) in [5.74, 6) is -0.0503. The molecular weight excluding hydrogens is 346 g/mol. The highest BCUT2D eigenvalue weighted by atomic mass is 32.2. The fourth-order valence-electron chi connectivity index (χ4n) is 2.10. The van der Waals surface area contributed by atoms with E-state index in [0.717, 1.165) is 10.6 Å². The number of carbonyl (C=O) groups excluding carboxylic acids is 1. The van der Waals surface area contributed by atoms with Gasteiger partial charge in [0.05, 0.1) is 0 Å². The van der Waals surface area contributed by atoms with Crippen LogP contribution >= 0.6 is 11.8 Å². The number of nitrogens with one attached hydrogen (secondary N) is 1. The van der Waals surface area contributed by atoms with E-state index in [-0.39, 0.29) is 5.57 Å². The fourth-order valence-corrected chi connectivity index (χ4v) is 2.84. The van der Waals surface area contributed by atoms with Gasteiger partial charge in [-0.3, -0.25) is 4.79 Å². The highest BCUT2D eigenvalue weighted by Crippen LogP contribution is 2.28. The lowest BCUT2D eigenvalue weighted by Crippen LogP contribution is -2.13. The smallest absolute Gasteiger partial charge is 0.266 e. The van der Waals surface area contributed by atoms with Crippen LogP contribution in [0.5, 0.6) is 0 Å². The number of carbonyl (C=O) groups is 1. The van der Waals surface area contributed by atoms with E-state index in [1.54, 1.807) is 30.5 Å². The molecule has 0 saturated heterocycles. The van der Waals surface area contributed by atoms with Crippen LogP contribution in [0.25, 0.3) is 6.08 Å². The van der Waals surface area contributed by atoms with Crippen LogP contribution in [0.4, 0.5) is 5.69 Å². The molecular formula is C20H15N3O2S. The van der Waals surface area contributed by atoms with Crippen molar-refractivity contribution in [2.24, 2.45) is 0 Å². The molecule has 0 atom stereocenters. The number of nitrogens with zero attached hydrogens (tertiary/aromatic N) is 2. The molecule has 0 bridgehead atoms. The predicted octanol–water partition coefficient (Wildman–Crippen LogP) is 4.68. The van der Waals surface area contributed by atoms with Gasteiger partial charge in [-0.25, -0.2) is 4.98 Å². The first kappa shape index (κ1) is 17.5. The van der Waals surface area contributed by atoms with Crippen LogP contribution in [0.3, 0.4) is 0 Å². The van der Waals surface area contributed by atoms with Gasteiger partial charge in [0, 0.05) is 18.0 Å². The van der Waals surface area contributed by atoms with Crippen molar-refractivity contribution in [1.29, 1.82) is 5.26 Å². The topological polar surface area (TPSA) is 78.9 Å². The maximum Gasteiger partial charge on any atom is 0.266 e. The molecule has 0 saturated carbocycles. The summed E-state index contributed by atoms with van der Waals surface area (Å²) in [4.78, 5) is 16.5. The Morgan fingerprint density at radius 3 is 2.69 bits per heavy atom. The third kappa shape index (κ3) is 4.62.